The summed E-state index contributed by atoms with van der Waals surface area (Å²) < 4.78 is 11.6. The Bertz CT molecular complexity index is 659. The maximum absolute atomic E-state index is 13.5. The lowest BCUT2D eigenvalue weighted by Gasteiger charge is -2.68. The molecule has 0 aromatic heterocycles. The fourth-order valence-electron chi connectivity index (χ4n) is 7.45. The van der Waals surface area contributed by atoms with E-state index >= 15 is 0 Å². The van der Waals surface area contributed by atoms with Crippen LogP contribution in [0.5, 0.6) is 0 Å². The first-order valence-electron chi connectivity index (χ1n) is 9.55. The number of ketones is 2. The van der Waals surface area contributed by atoms with Crippen LogP contribution in [0.1, 0.15) is 52.9 Å². The Balaban J connectivity index is 1.92. The van der Waals surface area contributed by atoms with Gasteiger partial charge in [-0.05, 0) is 36.0 Å². The van der Waals surface area contributed by atoms with E-state index in [1.54, 1.807) is 14.2 Å². The van der Waals surface area contributed by atoms with Gasteiger partial charge in [-0.25, -0.2) is 0 Å². The van der Waals surface area contributed by atoms with E-state index in [9.17, 15) is 9.59 Å². The molecule has 0 unspecified atom stereocenters. The van der Waals surface area contributed by atoms with Gasteiger partial charge in [0, 0.05) is 32.5 Å². The van der Waals surface area contributed by atoms with E-state index in [0.29, 0.717) is 6.42 Å². The number of ether oxygens (including phenoxy) is 2. The largest absolute Gasteiger partial charge is 0.346 e. The molecule has 0 radical (unpaired) electrons. The molecule has 4 heteroatoms. The molecule has 0 saturated heterocycles. The van der Waals surface area contributed by atoms with E-state index in [1.807, 2.05) is 6.08 Å². The smallest absolute Gasteiger partial charge is 0.239 e. The second kappa shape index (κ2) is 5.04. The Morgan fingerprint density at radius 1 is 1.08 bits per heavy atom. The molecule has 0 aromatic rings. The molecule has 5 aliphatic carbocycles. The van der Waals surface area contributed by atoms with Gasteiger partial charge in [0.1, 0.15) is 5.78 Å². The van der Waals surface area contributed by atoms with Gasteiger partial charge in [0.15, 0.2) is 5.78 Å². The van der Waals surface area contributed by atoms with Crippen molar-refractivity contribution in [3.8, 4) is 0 Å². The minimum Gasteiger partial charge on any atom is -0.346 e. The number of carbonyl (C=O) groups is 2. The van der Waals surface area contributed by atoms with Crippen molar-refractivity contribution in [1.29, 1.82) is 0 Å². The number of carbonyl (C=O) groups excluding carboxylic acids is 2. The van der Waals surface area contributed by atoms with Crippen molar-refractivity contribution in [3.05, 3.63) is 12.2 Å². The molecule has 3 fully saturated rings. The minimum absolute atomic E-state index is 0.0128. The van der Waals surface area contributed by atoms with Crippen LogP contribution < -0.4 is 0 Å². The molecule has 0 N–H and O–H groups in total. The fraction of sp³-hybridized carbons (Fsp3) is 0.810. The number of fused-ring (bicyclic) bond motifs is 2. The highest BCUT2D eigenvalue weighted by Crippen LogP contribution is 2.70. The van der Waals surface area contributed by atoms with Gasteiger partial charge in [-0.3, -0.25) is 9.59 Å². The summed E-state index contributed by atoms with van der Waals surface area (Å²) in [4.78, 5) is 26.6. The normalized spacial score (nSPS) is 46.7. The third-order valence-corrected chi connectivity index (χ3v) is 8.15. The summed E-state index contributed by atoms with van der Waals surface area (Å²) >= 11 is 0. The number of allylic oxidation sites excluding steroid dienone is 1. The van der Waals surface area contributed by atoms with Crippen molar-refractivity contribution in [2.75, 3.05) is 14.2 Å². The van der Waals surface area contributed by atoms with Crippen LogP contribution in [-0.2, 0) is 19.1 Å². The molecule has 25 heavy (non-hydrogen) atoms. The van der Waals surface area contributed by atoms with Crippen molar-refractivity contribution in [1.82, 2.24) is 0 Å². The summed E-state index contributed by atoms with van der Waals surface area (Å²) in [6, 6.07) is 0. The molecule has 0 aliphatic heterocycles. The van der Waals surface area contributed by atoms with Crippen LogP contribution in [0.15, 0.2) is 12.2 Å². The van der Waals surface area contributed by atoms with Gasteiger partial charge in [0.2, 0.25) is 5.79 Å². The maximum Gasteiger partial charge on any atom is 0.239 e. The summed E-state index contributed by atoms with van der Waals surface area (Å²) in [5, 5.41) is 0. The van der Waals surface area contributed by atoms with E-state index in [2.05, 4.69) is 26.8 Å². The Kier molecular flexibility index (Phi) is 3.51. The molecule has 0 heterocycles. The van der Waals surface area contributed by atoms with Crippen LogP contribution in [0, 0.1) is 34.0 Å². The molecule has 3 saturated carbocycles. The highest BCUT2D eigenvalue weighted by atomic mass is 16.7. The van der Waals surface area contributed by atoms with Gasteiger partial charge in [-0.15, -0.1) is 0 Å². The lowest BCUT2D eigenvalue weighted by Crippen LogP contribution is -2.73. The first-order chi connectivity index (χ1) is 11.7. The molecular formula is C21H30O4. The topological polar surface area (TPSA) is 52.6 Å². The van der Waals surface area contributed by atoms with Crippen molar-refractivity contribution in [3.63, 3.8) is 0 Å². The SMILES string of the molecule is COC1(OC)C(=O)[C@@H]2C=C[C@]13CC(=O)[C@@H]1C(C)(C)CCC[C@@]1(C)[C@@H]3C2. The van der Waals surface area contributed by atoms with Crippen LogP contribution in [0.25, 0.3) is 0 Å². The second-order valence-corrected chi connectivity index (χ2v) is 9.61. The number of hydrogen-bond donors (Lipinski definition) is 0. The van der Waals surface area contributed by atoms with Crippen molar-refractivity contribution < 1.29 is 19.1 Å². The van der Waals surface area contributed by atoms with Crippen LogP contribution >= 0.6 is 0 Å². The summed E-state index contributed by atoms with van der Waals surface area (Å²) in [7, 11) is 3.09. The predicted molar refractivity (Wildman–Crippen MR) is 93.8 cm³/mol. The molecule has 0 aromatic carbocycles. The summed E-state index contributed by atoms with van der Waals surface area (Å²) in [6.45, 7) is 6.77. The van der Waals surface area contributed by atoms with Crippen molar-refractivity contribution in [2.24, 2.45) is 34.0 Å². The van der Waals surface area contributed by atoms with E-state index in [4.69, 9.17) is 9.47 Å². The Morgan fingerprint density at radius 2 is 1.76 bits per heavy atom. The predicted octanol–water partition coefficient (Wildman–Crippen LogP) is 3.54. The molecule has 5 aliphatic rings. The molecule has 138 valence electrons. The van der Waals surface area contributed by atoms with Crippen LogP contribution in [0.4, 0.5) is 0 Å². The number of Topliss-reactive ketones (excluding diaryl/α,β-unsaturated/α-hetero) is 2. The number of rotatable bonds is 2. The quantitative estimate of drug-likeness (QED) is 0.567. The Morgan fingerprint density at radius 3 is 2.40 bits per heavy atom. The lowest BCUT2D eigenvalue weighted by atomic mass is 9.37. The van der Waals surface area contributed by atoms with E-state index in [0.717, 1.165) is 25.7 Å². The highest BCUT2D eigenvalue weighted by Gasteiger charge is 2.74. The molecule has 0 amide bonds. The third kappa shape index (κ3) is 1.80. The third-order valence-electron chi connectivity index (χ3n) is 8.15. The van der Waals surface area contributed by atoms with E-state index < -0.39 is 11.2 Å². The second-order valence-electron chi connectivity index (χ2n) is 9.61. The van der Waals surface area contributed by atoms with Gasteiger partial charge >= 0.3 is 0 Å². The zero-order valence-corrected chi connectivity index (χ0v) is 16.1. The van der Waals surface area contributed by atoms with Crippen LogP contribution in [0.3, 0.4) is 0 Å². The standard InChI is InChI=1S/C21H30O4/c1-18(2)8-6-9-19(3)15-11-13-7-10-20(15,12-14(22)16(18)19)21(24-4,25-5)17(13)23/h7,10,13,15-16H,6,8-9,11-12H2,1-5H3/t13-,15+,16-,19+,20-/m1/s1. The van der Waals surface area contributed by atoms with Gasteiger partial charge in [-0.2, -0.15) is 0 Å². The average Bonchev–Trinajstić information content (AvgIpc) is 2.54. The van der Waals surface area contributed by atoms with Crippen molar-refractivity contribution >= 4 is 11.6 Å². The van der Waals surface area contributed by atoms with Gasteiger partial charge < -0.3 is 9.47 Å². The molecule has 2 bridgehead atoms. The molecule has 5 rings (SSSR count). The average molecular weight is 346 g/mol. The Hall–Kier alpha value is -1.00. The maximum atomic E-state index is 13.5. The Labute approximate surface area is 150 Å². The first-order valence-corrected chi connectivity index (χ1v) is 9.55. The highest BCUT2D eigenvalue weighted by molar-refractivity contribution is 5.96. The molecular weight excluding hydrogens is 316 g/mol. The minimum atomic E-state index is -1.32. The molecule has 1 spiro atoms. The van der Waals surface area contributed by atoms with E-state index in [1.165, 1.54) is 0 Å². The van der Waals surface area contributed by atoms with Crippen LogP contribution in [-0.4, -0.2) is 31.6 Å². The fourth-order valence-corrected chi connectivity index (χ4v) is 7.45. The van der Waals surface area contributed by atoms with Crippen molar-refractivity contribution in [2.45, 2.75) is 58.7 Å². The monoisotopic (exact) mass is 346 g/mol. The van der Waals surface area contributed by atoms with Gasteiger partial charge in [0.25, 0.3) is 0 Å². The summed E-state index contributed by atoms with van der Waals surface area (Å²) in [5.74, 6) is -0.933. The molecule has 5 atom stereocenters. The van der Waals surface area contributed by atoms with Gasteiger partial charge in [-0.1, -0.05) is 39.3 Å². The molecule has 4 nitrogen and oxygen atoms in total. The zero-order chi connectivity index (χ0) is 18.3. The van der Waals surface area contributed by atoms with E-state index in [-0.39, 0.29) is 40.2 Å². The zero-order valence-electron chi connectivity index (χ0n) is 16.1. The lowest BCUT2D eigenvalue weighted by molar-refractivity contribution is -0.297. The first kappa shape index (κ1) is 17.4. The number of methoxy groups -OCH3 is 2. The van der Waals surface area contributed by atoms with Gasteiger partial charge in [0.05, 0.1) is 5.41 Å². The summed E-state index contributed by atoms with van der Waals surface area (Å²) in [5.41, 5.74) is -0.764. The number of hydrogen-bond acceptors (Lipinski definition) is 4. The summed E-state index contributed by atoms with van der Waals surface area (Å²) in [6.07, 6.45) is 8.53. The van der Waals surface area contributed by atoms with Crippen LogP contribution in [0.2, 0.25) is 0 Å².